The molecule has 0 aliphatic heterocycles. The van der Waals surface area contributed by atoms with Crippen LogP contribution in [0.3, 0.4) is 0 Å². The fraction of sp³-hybridized carbons (Fsp3) is 0. The molecule has 0 aliphatic carbocycles. The monoisotopic (exact) mass is 372 g/mol. The molecule has 0 fully saturated rings. The highest BCUT2D eigenvalue weighted by atomic mass is 127. The molecule has 0 spiro atoms. The number of aldehydes is 2. The number of hydrogen-bond acceptors (Lipinski definition) is 5. The molecule has 98 valence electrons. The lowest BCUT2D eigenvalue weighted by Gasteiger charge is -2.07. The van der Waals surface area contributed by atoms with Gasteiger partial charge in [0.05, 0.1) is 9.14 Å². The fourth-order valence-electron chi connectivity index (χ4n) is 1.18. The van der Waals surface area contributed by atoms with Gasteiger partial charge in [-0.3, -0.25) is 9.59 Å². The molecule has 0 heterocycles. The summed E-state index contributed by atoms with van der Waals surface area (Å²) in [6, 6.07) is 2.71. The average molecular weight is 372 g/mol. The second-order valence-corrected chi connectivity index (χ2v) is 4.51. The number of esters is 1. The van der Waals surface area contributed by atoms with Crippen molar-refractivity contribution in [1.29, 1.82) is 0 Å². The molecule has 0 atom stereocenters. The maximum atomic E-state index is 11.1. The maximum absolute atomic E-state index is 11.1. The normalized spacial score (nSPS) is 9.32. The van der Waals surface area contributed by atoms with Gasteiger partial charge in [-0.05, 0) is 34.7 Å². The van der Waals surface area contributed by atoms with E-state index in [1.165, 1.54) is 18.2 Å². The van der Waals surface area contributed by atoms with Crippen molar-refractivity contribution in [3.05, 3.63) is 39.5 Å². The summed E-state index contributed by atoms with van der Waals surface area (Å²) in [4.78, 5) is 32.1. The summed E-state index contributed by atoms with van der Waals surface area (Å²) >= 11 is 1.89. The first-order valence-electron chi connectivity index (χ1n) is 5.00. The molecule has 1 aromatic rings. The largest absolute Gasteiger partial charge is 0.507 e. The molecule has 5 nitrogen and oxygen atoms in total. The predicted octanol–water partition coefficient (Wildman–Crippen LogP) is 1.87. The summed E-state index contributed by atoms with van der Waals surface area (Å²) in [5, 5.41) is 9.74. The molecule has 19 heavy (non-hydrogen) atoms. The van der Waals surface area contributed by atoms with E-state index in [9.17, 15) is 19.5 Å². The number of phenolic OH excluding ortho intramolecular Hbond substituents is 1. The van der Waals surface area contributed by atoms with Gasteiger partial charge in [0, 0.05) is 17.7 Å². The Balaban J connectivity index is 3.20. The van der Waals surface area contributed by atoms with Gasteiger partial charge in [-0.25, -0.2) is 4.79 Å². The molecule has 0 bridgehead atoms. The molecule has 0 saturated heterocycles. The Bertz CT molecular complexity index is 565. The van der Waals surface area contributed by atoms with Crippen LogP contribution in [0.25, 0.3) is 6.08 Å². The molecule has 1 N–H and O–H groups in total. The number of hydrogen-bond donors (Lipinski definition) is 1. The summed E-state index contributed by atoms with van der Waals surface area (Å²) in [6.07, 6.45) is 2.99. The first kappa shape index (κ1) is 15.1. The van der Waals surface area contributed by atoms with Crippen molar-refractivity contribution < 1.29 is 24.2 Å². The summed E-state index contributed by atoms with van der Waals surface area (Å²) in [5.74, 6) is -0.700. The van der Waals surface area contributed by atoms with Gasteiger partial charge >= 0.3 is 5.97 Å². The first-order chi connectivity index (χ1) is 9.01. The van der Waals surface area contributed by atoms with E-state index in [0.29, 0.717) is 16.1 Å². The van der Waals surface area contributed by atoms with Gasteiger partial charge < -0.3 is 9.84 Å². The number of halogens is 1. The molecule has 0 radical (unpaired) electrons. The summed E-state index contributed by atoms with van der Waals surface area (Å²) in [7, 11) is 0. The van der Waals surface area contributed by atoms with Gasteiger partial charge in [0.25, 0.3) is 0 Å². The minimum Gasteiger partial charge on any atom is -0.507 e. The SMILES string of the molecule is C=CC(=O)Oc1cc(O)c(C=C(C=O)C=O)cc1I. The Labute approximate surface area is 122 Å². The summed E-state index contributed by atoms with van der Waals surface area (Å²) in [6.45, 7) is 3.26. The van der Waals surface area contributed by atoms with Crippen molar-refractivity contribution in [2.45, 2.75) is 0 Å². The molecule has 0 amide bonds. The van der Waals surface area contributed by atoms with Crippen LogP contribution >= 0.6 is 22.6 Å². The van der Waals surface area contributed by atoms with Gasteiger partial charge in [-0.2, -0.15) is 0 Å². The lowest BCUT2D eigenvalue weighted by atomic mass is 10.1. The van der Waals surface area contributed by atoms with Crippen LogP contribution in [-0.2, 0) is 14.4 Å². The summed E-state index contributed by atoms with van der Waals surface area (Å²) < 4.78 is 5.44. The first-order valence-corrected chi connectivity index (χ1v) is 6.08. The van der Waals surface area contributed by atoms with E-state index in [-0.39, 0.29) is 22.6 Å². The lowest BCUT2D eigenvalue weighted by Crippen LogP contribution is -2.04. The van der Waals surface area contributed by atoms with Crippen LogP contribution < -0.4 is 4.74 Å². The van der Waals surface area contributed by atoms with Crippen LogP contribution in [0, 0.1) is 3.57 Å². The third kappa shape index (κ3) is 4.02. The highest BCUT2D eigenvalue weighted by molar-refractivity contribution is 14.1. The molecule has 0 aliphatic rings. The van der Waals surface area contributed by atoms with Crippen LogP contribution in [-0.4, -0.2) is 23.6 Å². The topological polar surface area (TPSA) is 80.7 Å². The van der Waals surface area contributed by atoms with E-state index >= 15 is 0 Å². The number of carbonyl (C=O) groups excluding carboxylic acids is 3. The molecular formula is C13H9IO5. The maximum Gasteiger partial charge on any atom is 0.335 e. The Hall–Kier alpha value is -1.96. The van der Waals surface area contributed by atoms with Gasteiger partial charge in [0.15, 0.2) is 12.6 Å². The molecule has 0 unspecified atom stereocenters. The van der Waals surface area contributed by atoms with Gasteiger partial charge in [-0.1, -0.05) is 6.58 Å². The third-order valence-electron chi connectivity index (χ3n) is 2.05. The molecule has 1 rings (SSSR count). The zero-order valence-corrected chi connectivity index (χ0v) is 11.8. The van der Waals surface area contributed by atoms with Crippen LogP contribution in [0.15, 0.2) is 30.4 Å². The molecule has 0 saturated carbocycles. The number of phenols is 1. The smallest absolute Gasteiger partial charge is 0.335 e. The fourth-order valence-corrected chi connectivity index (χ4v) is 1.78. The number of carbonyl (C=O) groups is 3. The highest BCUT2D eigenvalue weighted by Gasteiger charge is 2.10. The van der Waals surface area contributed by atoms with Crippen LogP contribution in [0.2, 0.25) is 0 Å². The van der Waals surface area contributed by atoms with Crippen molar-refractivity contribution in [2.75, 3.05) is 0 Å². The number of benzene rings is 1. The number of rotatable bonds is 5. The second kappa shape index (κ2) is 6.83. The zero-order chi connectivity index (χ0) is 14.4. The minimum absolute atomic E-state index is 0.109. The Morgan fingerprint density at radius 2 is 1.95 bits per heavy atom. The second-order valence-electron chi connectivity index (χ2n) is 3.35. The Morgan fingerprint density at radius 1 is 1.32 bits per heavy atom. The van der Waals surface area contributed by atoms with Gasteiger partial charge in [0.1, 0.15) is 11.5 Å². The van der Waals surface area contributed by atoms with Crippen molar-refractivity contribution in [3.8, 4) is 11.5 Å². The number of ether oxygens (including phenoxy) is 1. The number of aromatic hydroxyl groups is 1. The van der Waals surface area contributed by atoms with E-state index in [4.69, 9.17) is 4.74 Å². The van der Waals surface area contributed by atoms with Crippen LogP contribution in [0.4, 0.5) is 0 Å². The minimum atomic E-state index is -0.651. The zero-order valence-electron chi connectivity index (χ0n) is 9.63. The highest BCUT2D eigenvalue weighted by Crippen LogP contribution is 2.30. The molecular weight excluding hydrogens is 363 g/mol. The van der Waals surface area contributed by atoms with Crippen LogP contribution in [0.1, 0.15) is 5.56 Å². The Kier molecular flexibility index (Phi) is 5.43. The van der Waals surface area contributed by atoms with E-state index in [1.807, 2.05) is 22.6 Å². The van der Waals surface area contributed by atoms with E-state index in [0.717, 1.165) is 6.08 Å². The lowest BCUT2D eigenvalue weighted by molar-refractivity contribution is -0.129. The Morgan fingerprint density at radius 3 is 2.47 bits per heavy atom. The van der Waals surface area contributed by atoms with Crippen molar-refractivity contribution in [1.82, 2.24) is 0 Å². The van der Waals surface area contributed by atoms with E-state index in [2.05, 4.69) is 6.58 Å². The average Bonchev–Trinajstić information content (AvgIpc) is 2.40. The standard InChI is InChI=1S/C13H9IO5/c1-2-13(18)19-12-5-11(17)9(4-10(12)14)3-8(6-15)7-16/h2-7,17H,1H2. The van der Waals surface area contributed by atoms with Crippen LogP contribution in [0.5, 0.6) is 11.5 Å². The molecule has 1 aromatic carbocycles. The van der Waals surface area contributed by atoms with E-state index < -0.39 is 5.97 Å². The van der Waals surface area contributed by atoms with Gasteiger partial charge in [0.2, 0.25) is 0 Å². The molecule has 6 heteroatoms. The molecule has 0 aromatic heterocycles. The quantitative estimate of drug-likeness (QED) is 0.162. The van der Waals surface area contributed by atoms with E-state index in [1.54, 1.807) is 0 Å². The van der Waals surface area contributed by atoms with Crippen molar-refractivity contribution in [3.63, 3.8) is 0 Å². The summed E-state index contributed by atoms with van der Waals surface area (Å²) in [5.41, 5.74) is 0.166. The third-order valence-corrected chi connectivity index (χ3v) is 2.90. The predicted molar refractivity (Wildman–Crippen MR) is 76.8 cm³/mol. The van der Waals surface area contributed by atoms with Crippen molar-refractivity contribution in [2.24, 2.45) is 0 Å². The van der Waals surface area contributed by atoms with Crippen molar-refractivity contribution >= 4 is 47.2 Å². The van der Waals surface area contributed by atoms with Gasteiger partial charge in [-0.15, -0.1) is 0 Å². The number of allylic oxidation sites excluding steroid dienone is 1.